The van der Waals surface area contributed by atoms with Gasteiger partial charge in [-0.25, -0.2) is 0 Å². The second-order valence-corrected chi connectivity index (χ2v) is 5.04. The molecule has 1 saturated heterocycles. The van der Waals surface area contributed by atoms with Crippen LogP contribution in [0, 0.1) is 5.92 Å². The van der Waals surface area contributed by atoms with E-state index in [1.54, 1.807) is 0 Å². The molecular weight excluding hydrogens is 202 g/mol. The third-order valence-corrected chi connectivity index (χ3v) is 3.72. The number of piperazine rings is 1. The first-order valence-electron chi connectivity index (χ1n) is 6.43. The van der Waals surface area contributed by atoms with Crippen molar-refractivity contribution in [3.63, 3.8) is 0 Å². The van der Waals surface area contributed by atoms with E-state index in [0.717, 1.165) is 32.7 Å². The van der Waals surface area contributed by atoms with Gasteiger partial charge in [-0.2, -0.15) is 0 Å². The van der Waals surface area contributed by atoms with Crippen molar-refractivity contribution in [2.24, 2.45) is 11.7 Å². The quantitative estimate of drug-likeness (QED) is 0.695. The highest BCUT2D eigenvalue weighted by Crippen LogP contribution is 2.13. The smallest absolute Gasteiger partial charge is 0.0602 e. The van der Waals surface area contributed by atoms with Gasteiger partial charge in [-0.3, -0.25) is 4.90 Å². The Labute approximate surface area is 99.4 Å². The number of nitrogens with zero attached hydrogens (tertiary/aromatic N) is 2. The second kappa shape index (κ2) is 6.55. The van der Waals surface area contributed by atoms with E-state index >= 15 is 0 Å². The lowest BCUT2D eigenvalue weighted by molar-refractivity contribution is 0.0474. The summed E-state index contributed by atoms with van der Waals surface area (Å²) in [5.41, 5.74) is 6.15. The van der Waals surface area contributed by atoms with E-state index in [0.29, 0.717) is 5.92 Å². The van der Waals surface area contributed by atoms with E-state index in [1.165, 1.54) is 0 Å². The lowest BCUT2D eigenvalue weighted by atomic mass is 9.96. The molecular formula is C12H27N3O. The van der Waals surface area contributed by atoms with E-state index in [-0.39, 0.29) is 18.7 Å². The fourth-order valence-electron chi connectivity index (χ4n) is 2.34. The Morgan fingerprint density at radius 2 is 1.75 bits per heavy atom. The van der Waals surface area contributed by atoms with Gasteiger partial charge < -0.3 is 15.7 Å². The van der Waals surface area contributed by atoms with Crippen molar-refractivity contribution in [1.82, 2.24) is 9.80 Å². The van der Waals surface area contributed by atoms with Gasteiger partial charge in [0.1, 0.15) is 0 Å². The molecule has 1 fully saturated rings. The van der Waals surface area contributed by atoms with Crippen LogP contribution in [0.15, 0.2) is 0 Å². The molecule has 0 saturated carbocycles. The molecule has 16 heavy (non-hydrogen) atoms. The van der Waals surface area contributed by atoms with Crippen LogP contribution in [0.3, 0.4) is 0 Å². The standard InChI is InChI=1S/C12H27N3O/c1-4-14-5-7-15(8-6-14)11(9-16)12(13)10(2)3/h10-12,16H,4-9,13H2,1-3H3. The second-order valence-electron chi connectivity index (χ2n) is 5.04. The maximum absolute atomic E-state index is 9.49. The summed E-state index contributed by atoms with van der Waals surface area (Å²) in [6.07, 6.45) is 0. The first kappa shape index (κ1) is 13.9. The third kappa shape index (κ3) is 3.42. The summed E-state index contributed by atoms with van der Waals surface area (Å²) >= 11 is 0. The topological polar surface area (TPSA) is 52.7 Å². The molecule has 1 rings (SSSR count). The number of aliphatic hydroxyl groups is 1. The van der Waals surface area contributed by atoms with E-state index in [9.17, 15) is 5.11 Å². The first-order chi connectivity index (χ1) is 7.60. The molecule has 0 aromatic rings. The van der Waals surface area contributed by atoms with Gasteiger partial charge in [0.05, 0.1) is 6.61 Å². The molecule has 0 radical (unpaired) electrons. The van der Waals surface area contributed by atoms with Gasteiger partial charge in [-0.05, 0) is 12.5 Å². The predicted octanol–water partition coefficient (Wildman–Crippen LogP) is -0.0319. The molecule has 0 bridgehead atoms. The fourth-order valence-corrected chi connectivity index (χ4v) is 2.34. The molecule has 0 aromatic heterocycles. The average molecular weight is 229 g/mol. The highest BCUT2D eigenvalue weighted by Gasteiger charge is 2.28. The molecule has 1 aliphatic rings. The molecule has 2 unspecified atom stereocenters. The summed E-state index contributed by atoms with van der Waals surface area (Å²) in [6, 6.07) is 0.192. The highest BCUT2D eigenvalue weighted by molar-refractivity contribution is 4.86. The normalized spacial score (nSPS) is 23.6. The van der Waals surface area contributed by atoms with Crippen LogP contribution in [-0.2, 0) is 0 Å². The highest BCUT2D eigenvalue weighted by atomic mass is 16.3. The van der Waals surface area contributed by atoms with Crippen molar-refractivity contribution >= 4 is 0 Å². The molecule has 2 atom stereocenters. The average Bonchev–Trinajstić information content (AvgIpc) is 2.30. The largest absolute Gasteiger partial charge is 0.395 e. The number of rotatable bonds is 5. The Morgan fingerprint density at radius 3 is 2.12 bits per heavy atom. The van der Waals surface area contributed by atoms with Crippen molar-refractivity contribution in [2.45, 2.75) is 32.9 Å². The van der Waals surface area contributed by atoms with Crippen molar-refractivity contribution in [2.75, 3.05) is 39.3 Å². The lowest BCUT2D eigenvalue weighted by Gasteiger charge is -2.41. The van der Waals surface area contributed by atoms with Gasteiger partial charge in [0.2, 0.25) is 0 Å². The van der Waals surface area contributed by atoms with Crippen LogP contribution in [0.5, 0.6) is 0 Å². The molecule has 1 aliphatic heterocycles. The van der Waals surface area contributed by atoms with Crippen LogP contribution in [-0.4, -0.2) is 66.3 Å². The van der Waals surface area contributed by atoms with Crippen LogP contribution in [0.2, 0.25) is 0 Å². The molecule has 0 aromatic carbocycles. The van der Waals surface area contributed by atoms with Crippen molar-refractivity contribution < 1.29 is 5.11 Å². The molecule has 0 spiro atoms. The van der Waals surface area contributed by atoms with Crippen LogP contribution in [0.25, 0.3) is 0 Å². The Hall–Kier alpha value is -0.160. The number of hydrogen-bond acceptors (Lipinski definition) is 4. The van der Waals surface area contributed by atoms with Gasteiger partial charge in [0.15, 0.2) is 0 Å². The van der Waals surface area contributed by atoms with Crippen molar-refractivity contribution in [3.05, 3.63) is 0 Å². The van der Waals surface area contributed by atoms with Gasteiger partial charge in [0, 0.05) is 38.3 Å². The number of hydrogen-bond donors (Lipinski definition) is 2. The Kier molecular flexibility index (Phi) is 5.69. The van der Waals surface area contributed by atoms with E-state index in [1.807, 2.05) is 0 Å². The molecule has 0 aliphatic carbocycles. The van der Waals surface area contributed by atoms with Crippen LogP contribution in [0.1, 0.15) is 20.8 Å². The monoisotopic (exact) mass is 229 g/mol. The zero-order chi connectivity index (χ0) is 12.1. The van der Waals surface area contributed by atoms with E-state index < -0.39 is 0 Å². The summed E-state index contributed by atoms with van der Waals surface area (Å²) < 4.78 is 0. The number of aliphatic hydroxyl groups excluding tert-OH is 1. The summed E-state index contributed by atoms with van der Waals surface area (Å²) in [5.74, 6) is 0.418. The van der Waals surface area contributed by atoms with Crippen LogP contribution in [0.4, 0.5) is 0 Å². The summed E-state index contributed by atoms with van der Waals surface area (Å²) in [6.45, 7) is 12.0. The Morgan fingerprint density at radius 1 is 1.19 bits per heavy atom. The summed E-state index contributed by atoms with van der Waals surface area (Å²) in [4.78, 5) is 4.78. The molecule has 96 valence electrons. The number of nitrogens with two attached hydrogens (primary N) is 1. The molecule has 4 nitrogen and oxygen atoms in total. The lowest BCUT2D eigenvalue weighted by Crippen LogP contribution is -2.58. The predicted molar refractivity (Wildman–Crippen MR) is 67.4 cm³/mol. The summed E-state index contributed by atoms with van der Waals surface area (Å²) in [5, 5.41) is 9.49. The zero-order valence-electron chi connectivity index (χ0n) is 10.9. The molecule has 0 amide bonds. The minimum absolute atomic E-state index is 0.0678. The Bertz CT molecular complexity index is 191. The van der Waals surface area contributed by atoms with Crippen LogP contribution >= 0.6 is 0 Å². The molecule has 1 heterocycles. The first-order valence-corrected chi connectivity index (χ1v) is 6.43. The van der Waals surface area contributed by atoms with Gasteiger partial charge >= 0.3 is 0 Å². The maximum Gasteiger partial charge on any atom is 0.0602 e. The van der Waals surface area contributed by atoms with Gasteiger partial charge in [-0.15, -0.1) is 0 Å². The van der Waals surface area contributed by atoms with Gasteiger partial charge in [0.25, 0.3) is 0 Å². The third-order valence-electron chi connectivity index (χ3n) is 3.72. The van der Waals surface area contributed by atoms with Crippen LogP contribution < -0.4 is 5.73 Å². The minimum Gasteiger partial charge on any atom is -0.395 e. The molecule has 4 heteroatoms. The summed E-state index contributed by atoms with van der Waals surface area (Å²) in [7, 11) is 0. The van der Waals surface area contributed by atoms with Crippen molar-refractivity contribution in [3.8, 4) is 0 Å². The van der Waals surface area contributed by atoms with E-state index in [2.05, 4.69) is 30.6 Å². The number of likely N-dealkylation sites (N-methyl/N-ethyl adjacent to an activating group) is 1. The fraction of sp³-hybridized carbons (Fsp3) is 1.00. The maximum atomic E-state index is 9.49. The van der Waals surface area contributed by atoms with E-state index in [4.69, 9.17) is 5.73 Å². The Balaban J connectivity index is 2.49. The van der Waals surface area contributed by atoms with Gasteiger partial charge in [-0.1, -0.05) is 20.8 Å². The van der Waals surface area contributed by atoms with Crippen molar-refractivity contribution in [1.29, 1.82) is 0 Å². The SMILES string of the molecule is CCN1CCN(C(CO)C(N)C(C)C)CC1. The zero-order valence-corrected chi connectivity index (χ0v) is 10.9. The minimum atomic E-state index is 0.0678. The molecule has 3 N–H and O–H groups in total.